The zero-order valence-electron chi connectivity index (χ0n) is 16.0. The number of rotatable bonds is 6. The highest BCUT2D eigenvalue weighted by Gasteiger charge is 2.19. The quantitative estimate of drug-likeness (QED) is 0.363. The molecule has 0 aliphatic heterocycles. The van der Waals surface area contributed by atoms with Crippen LogP contribution in [0.1, 0.15) is 18.7 Å². The fraction of sp³-hybridized carbons (Fsp3) is 0.143. The van der Waals surface area contributed by atoms with Crippen LogP contribution in [-0.2, 0) is 12.2 Å². The monoisotopic (exact) mass is 436 g/mol. The molecule has 3 heterocycles. The molecule has 0 aliphatic carbocycles. The number of H-pyrrole nitrogens is 1. The molecule has 0 spiro atoms. The molecule has 0 unspecified atom stereocenters. The molecule has 0 atom stereocenters. The third-order valence-electron chi connectivity index (χ3n) is 4.68. The molecule has 3 aromatic heterocycles. The van der Waals surface area contributed by atoms with Crippen molar-refractivity contribution in [1.29, 1.82) is 0 Å². The summed E-state index contributed by atoms with van der Waals surface area (Å²) < 4.78 is 7.65. The Morgan fingerprint density at radius 2 is 1.80 bits per heavy atom. The predicted molar refractivity (Wildman–Crippen MR) is 117 cm³/mol. The molecule has 1 N–H and O–H groups in total. The Balaban J connectivity index is 1.58. The van der Waals surface area contributed by atoms with Gasteiger partial charge in [-0.05, 0) is 30.3 Å². The summed E-state index contributed by atoms with van der Waals surface area (Å²) >= 11 is 7.61. The smallest absolute Gasteiger partial charge is 0.226 e. The maximum absolute atomic E-state index is 6.11. The minimum atomic E-state index is 0.507. The van der Waals surface area contributed by atoms with Crippen molar-refractivity contribution in [3.05, 3.63) is 71.5 Å². The lowest BCUT2D eigenvalue weighted by molar-refractivity contribution is 0.470. The molecule has 0 saturated heterocycles. The third-order valence-corrected chi connectivity index (χ3v) is 5.85. The van der Waals surface area contributed by atoms with Gasteiger partial charge in [0.1, 0.15) is 0 Å². The van der Waals surface area contributed by atoms with Crippen LogP contribution < -0.4 is 0 Å². The number of hydrogen-bond acceptors (Lipinski definition) is 6. The van der Waals surface area contributed by atoms with E-state index in [1.807, 2.05) is 60.2 Å². The van der Waals surface area contributed by atoms with Gasteiger partial charge >= 0.3 is 0 Å². The van der Waals surface area contributed by atoms with E-state index in [0.29, 0.717) is 29.0 Å². The molecule has 0 bridgehead atoms. The SMILES string of the molecule is CCc1nnc(CSc2nnc(-c3c[nH]c4ccccc34)n2-c2ccc(Cl)cc2)o1. The summed E-state index contributed by atoms with van der Waals surface area (Å²) in [5, 5.41) is 19.6. The maximum atomic E-state index is 6.11. The second kappa shape index (κ2) is 7.97. The Hall–Kier alpha value is -3.10. The van der Waals surface area contributed by atoms with Gasteiger partial charge in [-0.25, -0.2) is 0 Å². The van der Waals surface area contributed by atoms with Crippen LogP contribution >= 0.6 is 23.4 Å². The predicted octanol–water partition coefficient (Wildman–Crippen LogP) is 5.31. The molecule has 0 amide bonds. The van der Waals surface area contributed by atoms with Gasteiger partial charge in [0.25, 0.3) is 0 Å². The Bertz CT molecular complexity index is 1310. The van der Waals surface area contributed by atoms with Gasteiger partial charge in [-0.1, -0.05) is 48.5 Å². The summed E-state index contributed by atoms with van der Waals surface area (Å²) in [7, 11) is 0. The zero-order chi connectivity index (χ0) is 20.5. The first-order chi connectivity index (χ1) is 14.7. The minimum absolute atomic E-state index is 0.507. The van der Waals surface area contributed by atoms with Crippen LogP contribution in [0.3, 0.4) is 0 Å². The van der Waals surface area contributed by atoms with Crippen molar-refractivity contribution in [1.82, 2.24) is 29.9 Å². The Kier molecular flexibility index (Phi) is 5.02. The maximum Gasteiger partial charge on any atom is 0.226 e. The summed E-state index contributed by atoms with van der Waals surface area (Å²) in [5.74, 6) is 2.45. The number of hydrogen-bond donors (Lipinski definition) is 1. The molecular weight excluding hydrogens is 420 g/mol. The number of aromatic amines is 1. The van der Waals surface area contributed by atoms with Crippen LogP contribution in [0.2, 0.25) is 5.02 Å². The summed E-state index contributed by atoms with van der Waals surface area (Å²) in [5.41, 5.74) is 2.95. The second-order valence-electron chi connectivity index (χ2n) is 6.60. The van der Waals surface area contributed by atoms with Crippen molar-refractivity contribution in [3.8, 4) is 17.1 Å². The van der Waals surface area contributed by atoms with Crippen LogP contribution in [0, 0.1) is 0 Å². The van der Waals surface area contributed by atoms with Gasteiger partial charge in [-0.2, -0.15) is 0 Å². The highest BCUT2D eigenvalue weighted by molar-refractivity contribution is 7.98. The summed E-state index contributed by atoms with van der Waals surface area (Å²) in [6, 6.07) is 15.7. The van der Waals surface area contributed by atoms with E-state index in [1.165, 1.54) is 11.8 Å². The van der Waals surface area contributed by atoms with E-state index in [0.717, 1.165) is 33.1 Å². The van der Waals surface area contributed by atoms with E-state index in [4.69, 9.17) is 16.0 Å². The van der Waals surface area contributed by atoms with E-state index in [2.05, 4.69) is 31.4 Å². The Morgan fingerprint density at radius 3 is 2.60 bits per heavy atom. The first-order valence-electron chi connectivity index (χ1n) is 9.45. The number of fused-ring (bicyclic) bond motifs is 1. The van der Waals surface area contributed by atoms with Crippen molar-refractivity contribution in [2.24, 2.45) is 0 Å². The zero-order valence-corrected chi connectivity index (χ0v) is 17.6. The van der Waals surface area contributed by atoms with Crippen LogP contribution in [0.4, 0.5) is 0 Å². The lowest BCUT2D eigenvalue weighted by atomic mass is 10.1. The fourth-order valence-electron chi connectivity index (χ4n) is 3.23. The standard InChI is InChI=1S/C21H17ClN6OS/c1-2-18-24-25-19(29-18)12-30-21-27-26-20(28(21)14-9-7-13(22)8-10-14)16-11-23-17-6-4-3-5-15(16)17/h3-11,23H,2,12H2,1H3. The number of nitrogens with one attached hydrogen (secondary N) is 1. The summed E-state index contributed by atoms with van der Waals surface area (Å²) in [4.78, 5) is 3.31. The Morgan fingerprint density at radius 1 is 1.00 bits per heavy atom. The number of aryl methyl sites for hydroxylation is 1. The highest BCUT2D eigenvalue weighted by Crippen LogP contribution is 2.33. The van der Waals surface area contributed by atoms with E-state index in [1.54, 1.807) is 0 Å². The molecule has 5 aromatic rings. The molecule has 150 valence electrons. The highest BCUT2D eigenvalue weighted by atomic mass is 35.5. The van der Waals surface area contributed by atoms with Gasteiger partial charge in [-0.15, -0.1) is 20.4 Å². The van der Waals surface area contributed by atoms with Crippen LogP contribution in [-0.4, -0.2) is 29.9 Å². The molecule has 0 fully saturated rings. The van der Waals surface area contributed by atoms with Crippen molar-refractivity contribution < 1.29 is 4.42 Å². The third kappa shape index (κ3) is 3.48. The van der Waals surface area contributed by atoms with Crippen molar-refractivity contribution in [3.63, 3.8) is 0 Å². The number of thioether (sulfide) groups is 1. The molecule has 2 aromatic carbocycles. The lowest BCUT2D eigenvalue weighted by Gasteiger charge is -2.09. The molecule has 7 nitrogen and oxygen atoms in total. The van der Waals surface area contributed by atoms with Gasteiger partial charge in [0.05, 0.1) is 5.75 Å². The number of nitrogens with zero attached hydrogens (tertiary/aromatic N) is 5. The van der Waals surface area contributed by atoms with Crippen LogP contribution in [0.15, 0.2) is 64.3 Å². The van der Waals surface area contributed by atoms with Gasteiger partial charge in [0.15, 0.2) is 11.0 Å². The molecular formula is C21H17ClN6OS. The van der Waals surface area contributed by atoms with E-state index in [-0.39, 0.29) is 0 Å². The van der Waals surface area contributed by atoms with Crippen molar-refractivity contribution in [2.75, 3.05) is 0 Å². The van der Waals surface area contributed by atoms with E-state index in [9.17, 15) is 0 Å². The molecule has 30 heavy (non-hydrogen) atoms. The van der Waals surface area contributed by atoms with Crippen molar-refractivity contribution >= 4 is 34.3 Å². The second-order valence-corrected chi connectivity index (χ2v) is 7.98. The molecule has 0 aliphatic rings. The minimum Gasteiger partial charge on any atom is -0.424 e. The molecule has 9 heteroatoms. The fourth-order valence-corrected chi connectivity index (χ4v) is 4.15. The van der Waals surface area contributed by atoms with E-state index >= 15 is 0 Å². The molecule has 5 rings (SSSR count). The van der Waals surface area contributed by atoms with Crippen molar-refractivity contribution in [2.45, 2.75) is 24.3 Å². The van der Waals surface area contributed by atoms with Crippen LogP contribution in [0.5, 0.6) is 0 Å². The number of benzene rings is 2. The number of aromatic nitrogens is 6. The van der Waals surface area contributed by atoms with Gasteiger partial charge in [0, 0.05) is 39.8 Å². The van der Waals surface area contributed by atoms with Gasteiger partial charge in [0.2, 0.25) is 11.8 Å². The normalized spacial score (nSPS) is 11.4. The topological polar surface area (TPSA) is 85.4 Å². The average molecular weight is 437 g/mol. The van der Waals surface area contributed by atoms with Gasteiger partial charge < -0.3 is 9.40 Å². The molecule has 0 saturated carbocycles. The average Bonchev–Trinajstić information content (AvgIpc) is 3.50. The number of para-hydroxylation sites is 1. The summed E-state index contributed by atoms with van der Waals surface area (Å²) in [6.45, 7) is 1.98. The Labute approximate surface area is 181 Å². The van der Waals surface area contributed by atoms with Gasteiger partial charge in [-0.3, -0.25) is 4.57 Å². The van der Waals surface area contributed by atoms with E-state index < -0.39 is 0 Å². The first-order valence-corrected chi connectivity index (χ1v) is 10.8. The lowest BCUT2D eigenvalue weighted by Crippen LogP contribution is -1.99. The first kappa shape index (κ1) is 18.9. The number of halogens is 1. The largest absolute Gasteiger partial charge is 0.424 e. The molecule has 0 radical (unpaired) electrons. The van der Waals surface area contributed by atoms with Crippen LogP contribution in [0.25, 0.3) is 28.0 Å². The summed E-state index contributed by atoms with van der Waals surface area (Å²) in [6.07, 6.45) is 2.67.